The molecule has 2 aromatic carbocycles. The number of halogens is 2. The molecule has 110 valence electrons. The van der Waals surface area contributed by atoms with Crippen LogP contribution in [0.2, 0.25) is 0 Å². The lowest BCUT2D eigenvalue weighted by Gasteiger charge is -2.27. The minimum Gasteiger partial charge on any atom is -0.493 e. The van der Waals surface area contributed by atoms with Crippen molar-refractivity contribution >= 4 is 0 Å². The van der Waals surface area contributed by atoms with E-state index in [2.05, 4.69) is 5.32 Å². The number of fused-ring (bicyclic) bond motifs is 1. The van der Waals surface area contributed by atoms with Crippen LogP contribution in [0.25, 0.3) is 11.1 Å². The first-order chi connectivity index (χ1) is 10.2. The number of hydrogen-bond acceptors (Lipinski definition) is 2. The molecule has 1 aliphatic rings. The van der Waals surface area contributed by atoms with Crippen LogP contribution >= 0.6 is 0 Å². The fourth-order valence-corrected chi connectivity index (χ4v) is 2.87. The van der Waals surface area contributed by atoms with E-state index in [1.807, 2.05) is 25.2 Å². The fraction of sp³-hybridized carbons (Fsp3) is 0.294. The fourth-order valence-electron chi connectivity index (χ4n) is 2.87. The van der Waals surface area contributed by atoms with Crippen LogP contribution < -0.4 is 10.1 Å². The molecule has 1 atom stereocenters. The highest BCUT2D eigenvalue weighted by Gasteiger charge is 2.24. The van der Waals surface area contributed by atoms with Gasteiger partial charge in [0, 0.05) is 29.7 Å². The zero-order valence-electron chi connectivity index (χ0n) is 11.8. The number of nitrogens with one attached hydrogen (secondary N) is 1. The number of benzene rings is 2. The molecule has 0 saturated carbocycles. The summed E-state index contributed by atoms with van der Waals surface area (Å²) < 4.78 is 32.9. The lowest BCUT2D eigenvalue weighted by molar-refractivity contribution is 0.267. The normalized spacial score (nSPS) is 17.2. The van der Waals surface area contributed by atoms with E-state index in [0.717, 1.165) is 30.3 Å². The molecule has 0 radical (unpaired) electrons. The lowest BCUT2D eigenvalue weighted by atomic mass is 9.89. The van der Waals surface area contributed by atoms with Crippen molar-refractivity contribution in [2.45, 2.75) is 12.3 Å². The third-order valence-corrected chi connectivity index (χ3v) is 3.87. The summed E-state index contributed by atoms with van der Waals surface area (Å²) in [6.45, 7) is 1.46. The van der Waals surface area contributed by atoms with Crippen molar-refractivity contribution in [3.8, 4) is 16.9 Å². The van der Waals surface area contributed by atoms with Crippen LogP contribution in [0.1, 0.15) is 17.9 Å². The summed E-state index contributed by atoms with van der Waals surface area (Å²) in [6.07, 6.45) is 0.934. The molecule has 0 aliphatic carbocycles. The second-order valence-electron chi connectivity index (χ2n) is 5.24. The number of hydrogen-bond donors (Lipinski definition) is 1. The van der Waals surface area contributed by atoms with Crippen molar-refractivity contribution in [3.05, 3.63) is 53.6 Å². The number of likely N-dealkylation sites (N-methyl/N-ethyl adjacent to an activating group) is 1. The van der Waals surface area contributed by atoms with E-state index < -0.39 is 11.6 Å². The second-order valence-corrected chi connectivity index (χ2v) is 5.24. The maximum atomic E-state index is 14.0. The average molecular weight is 289 g/mol. The summed E-state index contributed by atoms with van der Waals surface area (Å²) in [5.41, 5.74) is 2.14. The van der Waals surface area contributed by atoms with E-state index in [0.29, 0.717) is 23.7 Å². The van der Waals surface area contributed by atoms with Gasteiger partial charge in [0.05, 0.1) is 6.61 Å². The maximum absolute atomic E-state index is 14.0. The third kappa shape index (κ3) is 2.63. The summed E-state index contributed by atoms with van der Waals surface area (Å²) in [4.78, 5) is 0. The molecule has 0 fully saturated rings. The van der Waals surface area contributed by atoms with Gasteiger partial charge in [-0.3, -0.25) is 0 Å². The number of ether oxygens (including phenoxy) is 1. The summed E-state index contributed by atoms with van der Waals surface area (Å²) >= 11 is 0. The topological polar surface area (TPSA) is 21.3 Å². The highest BCUT2D eigenvalue weighted by atomic mass is 19.1. The maximum Gasteiger partial charge on any atom is 0.134 e. The highest BCUT2D eigenvalue weighted by molar-refractivity contribution is 5.73. The minimum absolute atomic E-state index is 0.349. The standard InChI is InChI=1S/C17H17F2NO/c1-20-10-11-7-8-21-17-13(11)3-2-4-15(17)14-6-5-12(18)9-16(14)19/h2-6,9,11,20H,7-8,10H2,1H3. The van der Waals surface area contributed by atoms with Gasteiger partial charge in [-0.25, -0.2) is 8.78 Å². The molecule has 2 nitrogen and oxygen atoms in total. The molecule has 0 spiro atoms. The van der Waals surface area contributed by atoms with Crippen molar-refractivity contribution in [2.24, 2.45) is 0 Å². The van der Waals surface area contributed by atoms with E-state index in [1.54, 1.807) is 0 Å². The molecule has 0 amide bonds. The monoisotopic (exact) mass is 289 g/mol. The van der Waals surface area contributed by atoms with E-state index in [1.165, 1.54) is 12.1 Å². The van der Waals surface area contributed by atoms with E-state index in [4.69, 9.17) is 4.74 Å². The van der Waals surface area contributed by atoms with Crippen LogP contribution in [0, 0.1) is 11.6 Å². The quantitative estimate of drug-likeness (QED) is 0.930. The summed E-state index contributed by atoms with van der Waals surface area (Å²) in [5.74, 6) is -0.0746. The zero-order chi connectivity index (χ0) is 14.8. The molecule has 1 aliphatic heterocycles. The van der Waals surface area contributed by atoms with Crippen molar-refractivity contribution in [3.63, 3.8) is 0 Å². The molecule has 21 heavy (non-hydrogen) atoms. The van der Waals surface area contributed by atoms with Crippen molar-refractivity contribution in [2.75, 3.05) is 20.2 Å². The van der Waals surface area contributed by atoms with Crippen LogP contribution in [0.3, 0.4) is 0 Å². The summed E-state index contributed by atoms with van der Waals surface area (Å²) in [6, 6.07) is 9.37. The molecule has 3 rings (SSSR count). The largest absolute Gasteiger partial charge is 0.493 e. The molecule has 4 heteroatoms. The van der Waals surface area contributed by atoms with Gasteiger partial charge in [0.15, 0.2) is 0 Å². The Bertz CT molecular complexity index is 657. The van der Waals surface area contributed by atoms with Gasteiger partial charge in [-0.05, 0) is 31.2 Å². The van der Waals surface area contributed by atoms with Crippen LogP contribution in [-0.2, 0) is 0 Å². The van der Waals surface area contributed by atoms with E-state index >= 15 is 0 Å². The molecule has 0 bridgehead atoms. The first kappa shape index (κ1) is 14.0. The van der Waals surface area contributed by atoms with Crippen LogP contribution in [0.4, 0.5) is 8.78 Å². The predicted octanol–water partition coefficient (Wildman–Crippen LogP) is 3.72. The molecule has 0 saturated heterocycles. The summed E-state index contributed by atoms with van der Waals surface area (Å²) in [5, 5.41) is 3.18. The Labute approximate surface area is 122 Å². The van der Waals surface area contributed by atoms with Crippen LogP contribution in [0.15, 0.2) is 36.4 Å². The molecule has 1 heterocycles. The number of para-hydroxylation sites is 1. The van der Waals surface area contributed by atoms with Crippen molar-refractivity contribution in [1.29, 1.82) is 0 Å². The van der Waals surface area contributed by atoms with Gasteiger partial charge < -0.3 is 10.1 Å². The van der Waals surface area contributed by atoms with Gasteiger partial charge in [-0.1, -0.05) is 18.2 Å². The van der Waals surface area contributed by atoms with Gasteiger partial charge in [-0.15, -0.1) is 0 Å². The lowest BCUT2D eigenvalue weighted by Crippen LogP contribution is -2.23. The molecule has 2 aromatic rings. The Hall–Kier alpha value is -1.94. The van der Waals surface area contributed by atoms with Gasteiger partial charge in [-0.2, -0.15) is 0 Å². The van der Waals surface area contributed by atoms with Crippen LogP contribution in [-0.4, -0.2) is 20.2 Å². The van der Waals surface area contributed by atoms with Gasteiger partial charge >= 0.3 is 0 Å². The zero-order valence-corrected chi connectivity index (χ0v) is 11.8. The molecule has 1 unspecified atom stereocenters. The van der Waals surface area contributed by atoms with E-state index in [9.17, 15) is 8.78 Å². The molecule has 1 N–H and O–H groups in total. The van der Waals surface area contributed by atoms with Gasteiger partial charge in [0.2, 0.25) is 0 Å². The smallest absolute Gasteiger partial charge is 0.134 e. The SMILES string of the molecule is CNCC1CCOc2c(-c3ccc(F)cc3F)cccc21. The molecular weight excluding hydrogens is 272 g/mol. The molecular formula is C17H17F2NO. The first-order valence-corrected chi connectivity index (χ1v) is 7.06. The number of rotatable bonds is 3. The minimum atomic E-state index is -0.574. The van der Waals surface area contributed by atoms with E-state index in [-0.39, 0.29) is 0 Å². The average Bonchev–Trinajstić information content (AvgIpc) is 2.48. The predicted molar refractivity (Wildman–Crippen MR) is 78.6 cm³/mol. The third-order valence-electron chi connectivity index (χ3n) is 3.87. The Kier molecular flexibility index (Phi) is 3.88. The Morgan fingerprint density at radius 1 is 1.19 bits per heavy atom. The highest BCUT2D eigenvalue weighted by Crippen LogP contribution is 2.41. The van der Waals surface area contributed by atoms with Crippen molar-refractivity contribution < 1.29 is 13.5 Å². The Morgan fingerprint density at radius 2 is 2.05 bits per heavy atom. The first-order valence-electron chi connectivity index (χ1n) is 7.06. The van der Waals surface area contributed by atoms with Crippen molar-refractivity contribution in [1.82, 2.24) is 5.32 Å². The van der Waals surface area contributed by atoms with Crippen LogP contribution in [0.5, 0.6) is 5.75 Å². The Morgan fingerprint density at radius 3 is 2.81 bits per heavy atom. The Balaban J connectivity index is 2.10. The second kappa shape index (κ2) is 5.82. The summed E-state index contributed by atoms with van der Waals surface area (Å²) in [7, 11) is 1.92. The van der Waals surface area contributed by atoms with Gasteiger partial charge in [0.1, 0.15) is 17.4 Å². The molecule has 0 aromatic heterocycles. The van der Waals surface area contributed by atoms with Gasteiger partial charge in [0.25, 0.3) is 0 Å².